The van der Waals surface area contributed by atoms with Gasteiger partial charge in [0.2, 0.25) is 0 Å². The number of piperidine rings is 1. The summed E-state index contributed by atoms with van der Waals surface area (Å²) in [5, 5.41) is 11.1. The molecule has 0 radical (unpaired) electrons. The van der Waals surface area contributed by atoms with E-state index in [-0.39, 0.29) is 4.90 Å². The number of fused-ring (bicyclic) bond motifs is 3. The van der Waals surface area contributed by atoms with Gasteiger partial charge in [0, 0.05) is 31.4 Å². The number of aryl methyl sites for hydroxylation is 1. The molecule has 2 aliphatic rings. The van der Waals surface area contributed by atoms with E-state index in [0.29, 0.717) is 6.07 Å². The molecule has 23 heavy (non-hydrogen) atoms. The molecule has 1 aromatic rings. The molecule has 0 aliphatic carbocycles. The topological polar surface area (TPSA) is 41.9 Å². The summed E-state index contributed by atoms with van der Waals surface area (Å²) < 4.78 is 133. The van der Waals surface area contributed by atoms with Crippen LogP contribution in [0.1, 0.15) is 64.4 Å². The number of hydrogen-bond donors (Lipinski definition) is 1. The van der Waals surface area contributed by atoms with Crippen LogP contribution in [-0.2, 0) is 6.37 Å². The first-order chi connectivity index (χ1) is 16.7. The van der Waals surface area contributed by atoms with Crippen LogP contribution < -0.4 is 9.47 Å². The van der Waals surface area contributed by atoms with Gasteiger partial charge in [-0.2, -0.15) is 0 Å². The molecule has 1 saturated heterocycles. The van der Waals surface area contributed by atoms with Gasteiger partial charge in [-0.1, -0.05) is 13.8 Å². The Labute approximate surface area is 160 Å². The Morgan fingerprint density at radius 3 is 2.83 bits per heavy atom. The van der Waals surface area contributed by atoms with Gasteiger partial charge in [0.15, 0.2) is 11.5 Å². The van der Waals surface area contributed by atoms with Crippen LogP contribution in [0.25, 0.3) is 0 Å². The molecule has 1 aromatic carbocycles. The van der Waals surface area contributed by atoms with Gasteiger partial charge in [0.05, 0.1) is 28.4 Å². The standard InChI is InChI=1S/C19H29NO3/c1-12(2)7-14-11-20-6-5-13-8-18(22-3)19(23-4)9-15(13)16(20)10-17(14)21/h8-9,12,14,16-17,21H,5-7,10-11H2,1-4H3/t14-,16-,17+/m0/s1/i3D3,4D3,5D2,6D2,10D2,11D2,14D. The second-order valence-corrected chi connectivity index (χ2v) is 5.90. The first kappa shape index (κ1) is 6.23. The van der Waals surface area contributed by atoms with E-state index in [1.165, 1.54) is 0 Å². The molecule has 0 aromatic heterocycles. The minimum Gasteiger partial charge on any atom is -0.493 e. The van der Waals surface area contributed by atoms with E-state index in [1.54, 1.807) is 13.8 Å². The second kappa shape index (κ2) is 6.70. The van der Waals surface area contributed by atoms with Crippen LogP contribution in [0.5, 0.6) is 11.5 Å². The first-order valence-corrected chi connectivity index (χ1v) is 7.26. The lowest BCUT2D eigenvalue weighted by molar-refractivity contribution is -0.0191. The molecule has 0 bridgehead atoms. The van der Waals surface area contributed by atoms with Gasteiger partial charge < -0.3 is 14.6 Å². The van der Waals surface area contributed by atoms with Gasteiger partial charge in [0.1, 0.15) is 0 Å². The Bertz CT molecular complexity index is 1080. The van der Waals surface area contributed by atoms with Crippen molar-refractivity contribution in [3.63, 3.8) is 0 Å². The predicted molar refractivity (Wildman–Crippen MR) is 91.1 cm³/mol. The first-order valence-electron chi connectivity index (χ1n) is 14.8. The van der Waals surface area contributed by atoms with Crippen molar-refractivity contribution in [1.29, 1.82) is 0 Å². The van der Waals surface area contributed by atoms with Gasteiger partial charge in [-0.05, 0) is 54.2 Å². The van der Waals surface area contributed by atoms with Crippen molar-refractivity contribution in [1.82, 2.24) is 4.90 Å². The smallest absolute Gasteiger partial charge is 0.161 e. The molecular formula is C19H29NO3. The molecule has 0 spiro atoms. The Hall–Kier alpha value is -1.26. The van der Waals surface area contributed by atoms with E-state index in [2.05, 4.69) is 0 Å². The summed E-state index contributed by atoms with van der Waals surface area (Å²) in [7, 11) is -6.33. The lowest BCUT2D eigenvalue weighted by Gasteiger charge is -2.46. The quantitative estimate of drug-likeness (QED) is 0.919. The third-order valence-electron chi connectivity index (χ3n) is 3.74. The average molecular weight is 335 g/mol. The van der Waals surface area contributed by atoms with Gasteiger partial charge >= 0.3 is 0 Å². The van der Waals surface area contributed by atoms with Gasteiger partial charge in [-0.25, -0.2) is 0 Å². The Balaban J connectivity index is 2.43. The van der Waals surface area contributed by atoms with E-state index in [0.717, 1.165) is 6.07 Å². The van der Waals surface area contributed by atoms with Crippen molar-refractivity contribution < 1.29 is 35.1 Å². The molecule has 1 fully saturated rings. The minimum absolute atomic E-state index is 0.244. The fourth-order valence-corrected chi connectivity index (χ4v) is 2.71. The largest absolute Gasteiger partial charge is 0.493 e. The lowest BCUT2D eigenvalue weighted by atomic mass is 9.79. The number of aliphatic hydroxyl groups is 1. The second-order valence-electron chi connectivity index (χ2n) is 5.90. The Morgan fingerprint density at radius 1 is 1.39 bits per heavy atom. The number of methoxy groups -OCH3 is 2. The highest BCUT2D eigenvalue weighted by Gasteiger charge is 2.38. The van der Waals surface area contributed by atoms with E-state index < -0.39 is 92.8 Å². The molecule has 1 N–H and O–H groups in total. The summed E-state index contributed by atoms with van der Waals surface area (Å²) in [5.41, 5.74) is -1.16. The Kier molecular flexibility index (Phi) is 1.81. The zero-order valence-corrected chi connectivity index (χ0v) is 12.8. The van der Waals surface area contributed by atoms with Gasteiger partial charge in [0.25, 0.3) is 0 Å². The summed E-state index contributed by atoms with van der Waals surface area (Å²) in [6.45, 7) is -3.30. The predicted octanol–water partition coefficient (Wildman–Crippen LogP) is 3.03. The summed E-state index contributed by atoms with van der Waals surface area (Å²) in [5.74, 6) is -4.65. The fourth-order valence-electron chi connectivity index (χ4n) is 2.71. The molecule has 4 nitrogen and oxygen atoms in total. The van der Waals surface area contributed by atoms with Gasteiger partial charge in [-0.3, -0.25) is 4.90 Å². The molecule has 128 valence electrons. The fraction of sp³-hybridized carbons (Fsp3) is 0.684. The summed E-state index contributed by atoms with van der Waals surface area (Å²) in [6.07, 6.45) is -8.90. The Morgan fingerprint density at radius 2 is 2.13 bits per heavy atom. The van der Waals surface area contributed by atoms with Crippen molar-refractivity contribution in [2.75, 3.05) is 27.1 Å². The van der Waals surface area contributed by atoms with Crippen molar-refractivity contribution in [2.45, 2.75) is 45.2 Å². The molecule has 2 aliphatic heterocycles. The molecule has 2 heterocycles. The molecule has 3 atom stereocenters. The molecule has 0 saturated carbocycles. The van der Waals surface area contributed by atoms with Crippen molar-refractivity contribution in [3.8, 4) is 11.5 Å². The van der Waals surface area contributed by atoms with Crippen LogP contribution in [0.3, 0.4) is 0 Å². The van der Waals surface area contributed by atoms with E-state index in [4.69, 9.17) is 30.0 Å². The average Bonchev–Trinajstić information content (AvgIpc) is 2.67. The van der Waals surface area contributed by atoms with Crippen molar-refractivity contribution >= 4 is 0 Å². The zero-order chi connectivity index (χ0) is 29.7. The third-order valence-corrected chi connectivity index (χ3v) is 3.74. The number of aliphatic hydroxyl groups excluding tert-OH is 1. The van der Waals surface area contributed by atoms with E-state index in [9.17, 15) is 5.11 Å². The summed E-state index contributed by atoms with van der Waals surface area (Å²) in [4.78, 5) is 0.244. The number of benzene rings is 1. The molecule has 0 unspecified atom stereocenters. The number of rotatable bonds is 4. The van der Waals surface area contributed by atoms with Crippen LogP contribution in [0.4, 0.5) is 0 Å². The molecule has 0 amide bonds. The highest BCUT2D eigenvalue weighted by molar-refractivity contribution is 5.49. The van der Waals surface area contributed by atoms with E-state index >= 15 is 0 Å². The highest BCUT2D eigenvalue weighted by Crippen LogP contribution is 2.43. The minimum atomic E-state index is -3.35. The van der Waals surface area contributed by atoms with Crippen LogP contribution >= 0.6 is 0 Å². The zero-order valence-electron chi connectivity index (χ0n) is 27.8. The van der Waals surface area contributed by atoms with Crippen LogP contribution in [0.2, 0.25) is 0 Å². The summed E-state index contributed by atoms with van der Waals surface area (Å²) >= 11 is 0. The van der Waals surface area contributed by atoms with E-state index in [1.807, 2.05) is 0 Å². The SMILES string of the molecule is [2H]C([2H])([2H])Oc1cc2c(cc1OC([2H])([2H])[2H])C([2H])([2H])C([2H])([2H])N1[C@H]2C([2H])([2H])[C@@H](O)[C@@]([2H])(CC(C)C)C1([2H])[2H]. The lowest BCUT2D eigenvalue weighted by Crippen LogP contribution is -2.48. The number of nitrogens with zero attached hydrogens (tertiary/aromatic N) is 1. The maximum Gasteiger partial charge on any atom is 0.161 e. The van der Waals surface area contributed by atoms with Gasteiger partial charge in [-0.15, -0.1) is 0 Å². The third kappa shape index (κ3) is 3.20. The highest BCUT2D eigenvalue weighted by atomic mass is 16.5. The maximum atomic E-state index is 11.1. The van der Waals surface area contributed by atoms with Crippen LogP contribution in [0.15, 0.2) is 12.1 Å². The van der Waals surface area contributed by atoms with Crippen LogP contribution in [-0.4, -0.2) is 43.2 Å². The van der Waals surface area contributed by atoms with Crippen molar-refractivity contribution in [2.24, 2.45) is 11.8 Å². The molecular weight excluding hydrogens is 290 g/mol. The number of hydrogen-bond acceptors (Lipinski definition) is 4. The summed E-state index contributed by atoms with van der Waals surface area (Å²) in [6, 6.07) is -0.645. The van der Waals surface area contributed by atoms with Crippen molar-refractivity contribution in [3.05, 3.63) is 23.3 Å². The normalized spacial score (nSPS) is 50.2. The maximum absolute atomic E-state index is 11.1. The number of ether oxygens (including phenoxy) is 2. The molecule has 3 rings (SSSR count). The molecule has 4 heteroatoms. The monoisotopic (exact) mass is 334 g/mol. The van der Waals surface area contributed by atoms with Crippen LogP contribution in [0, 0.1) is 11.8 Å².